The summed E-state index contributed by atoms with van der Waals surface area (Å²) in [5, 5.41) is 3.63. The molecule has 6 nitrogen and oxygen atoms in total. The van der Waals surface area contributed by atoms with E-state index in [1.165, 1.54) is 25.7 Å². The number of H-pyrrole nitrogens is 1. The zero-order valence-electron chi connectivity index (χ0n) is 16.8. The van der Waals surface area contributed by atoms with Crippen LogP contribution in [0.4, 0.5) is 5.69 Å². The molecule has 3 aromatic rings. The van der Waals surface area contributed by atoms with Crippen LogP contribution in [0.5, 0.6) is 0 Å². The first-order valence-corrected chi connectivity index (χ1v) is 10.9. The molecule has 0 radical (unpaired) electrons. The molecule has 0 spiro atoms. The Bertz CT molecular complexity index is 995. The summed E-state index contributed by atoms with van der Waals surface area (Å²) in [6.45, 7) is 2.17. The summed E-state index contributed by atoms with van der Waals surface area (Å²) in [5.74, 6) is 0. The van der Waals surface area contributed by atoms with Gasteiger partial charge in [-0.1, -0.05) is 12.1 Å². The molecule has 29 heavy (non-hydrogen) atoms. The highest BCUT2D eigenvalue weighted by Gasteiger charge is 2.30. The highest BCUT2D eigenvalue weighted by atomic mass is 16.1. The van der Waals surface area contributed by atoms with E-state index in [4.69, 9.17) is 0 Å². The van der Waals surface area contributed by atoms with Crippen molar-refractivity contribution >= 4 is 16.7 Å². The predicted octanol–water partition coefficient (Wildman–Crippen LogP) is 3.78. The molecule has 0 unspecified atom stereocenters. The summed E-state index contributed by atoms with van der Waals surface area (Å²) in [6.07, 6.45) is 10.7. The van der Waals surface area contributed by atoms with Gasteiger partial charge in [-0.05, 0) is 62.8 Å². The molecule has 2 aromatic heterocycles. The van der Waals surface area contributed by atoms with E-state index in [-0.39, 0.29) is 5.69 Å². The lowest BCUT2D eigenvalue weighted by Crippen LogP contribution is -2.45. The average molecular weight is 392 g/mol. The number of likely N-dealkylation sites (tertiary alicyclic amines) is 1. The second-order valence-electron chi connectivity index (χ2n) is 8.48. The molecule has 1 saturated carbocycles. The number of anilines is 1. The number of benzene rings is 1. The van der Waals surface area contributed by atoms with Crippen LogP contribution in [0.1, 0.15) is 44.6 Å². The fourth-order valence-corrected chi connectivity index (χ4v) is 5.22. The first-order chi connectivity index (χ1) is 14.3. The summed E-state index contributed by atoms with van der Waals surface area (Å²) in [6, 6.07) is 13.6. The van der Waals surface area contributed by atoms with Gasteiger partial charge in [-0.2, -0.15) is 0 Å². The third-order valence-corrected chi connectivity index (χ3v) is 6.73. The van der Waals surface area contributed by atoms with Gasteiger partial charge in [0.05, 0.1) is 16.7 Å². The number of rotatable bonds is 4. The molecule has 2 aliphatic rings. The third kappa shape index (κ3) is 3.81. The molecule has 0 amide bonds. The number of hydrogen-bond donors (Lipinski definition) is 2. The normalized spacial score (nSPS) is 24.0. The van der Waals surface area contributed by atoms with Gasteiger partial charge in [-0.3, -0.25) is 9.55 Å². The fraction of sp³-hybridized carbons (Fsp3) is 0.478. The van der Waals surface area contributed by atoms with Gasteiger partial charge in [0.1, 0.15) is 0 Å². The standard InChI is InChI=1S/C23H29N5O/c29-23-26-21-5-1-2-6-22(21)28(23)20-11-14-27(15-12-20)19-9-7-17(8-10-19)25-18-4-3-13-24-16-18/h1-6,13,16-17,19-20,25H,7-12,14-15H2,(H,26,29). The quantitative estimate of drug-likeness (QED) is 0.710. The molecule has 6 heteroatoms. The minimum Gasteiger partial charge on any atom is -0.381 e. The van der Waals surface area contributed by atoms with Crippen LogP contribution in [-0.2, 0) is 0 Å². The average Bonchev–Trinajstić information content (AvgIpc) is 3.11. The first kappa shape index (κ1) is 18.4. The van der Waals surface area contributed by atoms with E-state index in [9.17, 15) is 4.79 Å². The Hall–Kier alpha value is -2.60. The van der Waals surface area contributed by atoms with E-state index in [0.717, 1.165) is 42.7 Å². The minimum atomic E-state index is 0.0339. The highest BCUT2D eigenvalue weighted by molar-refractivity contribution is 5.75. The lowest BCUT2D eigenvalue weighted by Gasteiger charge is -2.41. The third-order valence-electron chi connectivity index (χ3n) is 6.73. The lowest BCUT2D eigenvalue weighted by atomic mass is 9.88. The van der Waals surface area contributed by atoms with Crippen molar-refractivity contribution in [3.05, 3.63) is 59.3 Å². The molecule has 3 heterocycles. The van der Waals surface area contributed by atoms with Crippen molar-refractivity contribution in [2.75, 3.05) is 18.4 Å². The summed E-state index contributed by atoms with van der Waals surface area (Å²) in [4.78, 5) is 22.4. The molecular weight excluding hydrogens is 362 g/mol. The van der Waals surface area contributed by atoms with E-state index in [0.29, 0.717) is 18.1 Å². The molecule has 152 valence electrons. The maximum atomic E-state index is 12.5. The minimum absolute atomic E-state index is 0.0339. The van der Waals surface area contributed by atoms with Gasteiger partial charge in [0.15, 0.2) is 0 Å². The van der Waals surface area contributed by atoms with E-state index < -0.39 is 0 Å². The maximum absolute atomic E-state index is 12.5. The van der Waals surface area contributed by atoms with Gasteiger partial charge in [0.2, 0.25) is 0 Å². The Kier molecular flexibility index (Phi) is 5.10. The number of hydrogen-bond acceptors (Lipinski definition) is 4. The van der Waals surface area contributed by atoms with Crippen molar-refractivity contribution in [3.8, 4) is 0 Å². The van der Waals surface area contributed by atoms with Crippen molar-refractivity contribution < 1.29 is 0 Å². The predicted molar refractivity (Wildman–Crippen MR) is 116 cm³/mol. The number of aromatic amines is 1. The highest BCUT2D eigenvalue weighted by Crippen LogP contribution is 2.31. The lowest BCUT2D eigenvalue weighted by molar-refractivity contribution is 0.107. The number of fused-ring (bicyclic) bond motifs is 1. The number of pyridine rings is 1. The van der Waals surface area contributed by atoms with Crippen molar-refractivity contribution in [3.63, 3.8) is 0 Å². The first-order valence-electron chi connectivity index (χ1n) is 10.9. The maximum Gasteiger partial charge on any atom is 0.326 e. The topological polar surface area (TPSA) is 66.0 Å². The zero-order chi connectivity index (χ0) is 19.6. The van der Waals surface area contributed by atoms with Gasteiger partial charge in [0.25, 0.3) is 0 Å². The van der Waals surface area contributed by atoms with Crippen LogP contribution >= 0.6 is 0 Å². The van der Waals surface area contributed by atoms with Gasteiger partial charge < -0.3 is 15.2 Å². The van der Waals surface area contributed by atoms with Gasteiger partial charge in [0, 0.05) is 43.6 Å². The zero-order valence-corrected chi connectivity index (χ0v) is 16.8. The van der Waals surface area contributed by atoms with E-state index >= 15 is 0 Å². The van der Waals surface area contributed by atoms with Crippen molar-refractivity contribution in [2.24, 2.45) is 0 Å². The van der Waals surface area contributed by atoms with Gasteiger partial charge in [-0.25, -0.2) is 4.79 Å². The molecule has 0 atom stereocenters. The Morgan fingerprint density at radius 2 is 1.72 bits per heavy atom. The number of imidazole rings is 1. The van der Waals surface area contributed by atoms with Crippen LogP contribution in [0.3, 0.4) is 0 Å². The second kappa shape index (κ2) is 8.03. The largest absolute Gasteiger partial charge is 0.381 e. The summed E-state index contributed by atoms with van der Waals surface area (Å²) in [5.41, 5.74) is 3.14. The fourth-order valence-electron chi connectivity index (χ4n) is 5.22. The smallest absolute Gasteiger partial charge is 0.326 e. The van der Waals surface area contributed by atoms with E-state index in [1.807, 2.05) is 41.2 Å². The van der Waals surface area contributed by atoms with Crippen LogP contribution in [0.2, 0.25) is 0 Å². The molecule has 2 N–H and O–H groups in total. The van der Waals surface area contributed by atoms with Crippen LogP contribution in [0, 0.1) is 0 Å². The van der Waals surface area contributed by atoms with Gasteiger partial charge >= 0.3 is 5.69 Å². The van der Waals surface area contributed by atoms with Crippen molar-refractivity contribution in [2.45, 2.75) is 56.7 Å². The Morgan fingerprint density at radius 1 is 0.931 bits per heavy atom. The van der Waals surface area contributed by atoms with Crippen LogP contribution in [0.15, 0.2) is 53.6 Å². The summed E-state index contributed by atoms with van der Waals surface area (Å²) >= 11 is 0. The molecule has 1 aliphatic carbocycles. The van der Waals surface area contributed by atoms with E-state index in [1.54, 1.807) is 0 Å². The number of nitrogens with zero attached hydrogens (tertiary/aromatic N) is 3. The number of nitrogens with one attached hydrogen (secondary N) is 2. The Labute approximate surface area is 171 Å². The molecule has 1 saturated heterocycles. The number of para-hydroxylation sites is 2. The van der Waals surface area contributed by atoms with E-state index in [2.05, 4.69) is 32.3 Å². The van der Waals surface area contributed by atoms with Gasteiger partial charge in [-0.15, -0.1) is 0 Å². The van der Waals surface area contributed by atoms with Crippen LogP contribution in [-0.4, -0.2) is 44.6 Å². The van der Waals surface area contributed by atoms with Crippen LogP contribution < -0.4 is 11.0 Å². The molecule has 1 aliphatic heterocycles. The number of piperidine rings is 1. The Balaban J connectivity index is 1.16. The van der Waals surface area contributed by atoms with Crippen molar-refractivity contribution in [1.29, 1.82) is 0 Å². The molecule has 5 rings (SSSR count). The molecule has 1 aromatic carbocycles. The number of aromatic nitrogens is 3. The summed E-state index contributed by atoms with van der Waals surface area (Å²) in [7, 11) is 0. The summed E-state index contributed by atoms with van der Waals surface area (Å²) < 4.78 is 1.99. The second-order valence-corrected chi connectivity index (χ2v) is 8.48. The SMILES string of the molecule is O=c1[nH]c2ccccc2n1C1CCN(C2CCC(Nc3cccnc3)CC2)CC1. The molecule has 2 fully saturated rings. The van der Waals surface area contributed by atoms with Crippen LogP contribution in [0.25, 0.3) is 11.0 Å². The molecular formula is C23H29N5O. The van der Waals surface area contributed by atoms with Crippen molar-refractivity contribution in [1.82, 2.24) is 19.4 Å². The Morgan fingerprint density at radius 3 is 2.48 bits per heavy atom. The molecule has 0 bridgehead atoms. The monoisotopic (exact) mass is 391 g/mol.